The van der Waals surface area contributed by atoms with Gasteiger partial charge in [0.25, 0.3) is 10.1 Å². The number of fused-ring (bicyclic) bond motifs is 2. The van der Waals surface area contributed by atoms with Crippen LogP contribution in [0.5, 0.6) is 0 Å². The fourth-order valence-electron chi connectivity index (χ4n) is 1.55. The first kappa shape index (κ1) is 8.22. The van der Waals surface area contributed by atoms with Gasteiger partial charge in [0, 0.05) is 6.42 Å². The topological polar surface area (TPSA) is 52.6 Å². The molecule has 12 heavy (non-hydrogen) atoms. The van der Waals surface area contributed by atoms with Crippen molar-refractivity contribution in [2.75, 3.05) is 6.26 Å². The Morgan fingerprint density at radius 3 is 2.67 bits per heavy atom. The van der Waals surface area contributed by atoms with Crippen LogP contribution in [-0.4, -0.2) is 33.0 Å². The van der Waals surface area contributed by atoms with Crippen LogP contribution in [0.2, 0.25) is 0 Å². The Kier molecular flexibility index (Phi) is 1.75. The van der Waals surface area contributed by atoms with E-state index in [4.69, 9.17) is 8.92 Å². The molecule has 1 saturated heterocycles. The smallest absolute Gasteiger partial charge is 0.264 e. The van der Waals surface area contributed by atoms with Crippen molar-refractivity contribution < 1.29 is 17.3 Å². The van der Waals surface area contributed by atoms with Crippen molar-refractivity contribution in [3.05, 3.63) is 12.2 Å². The molecule has 0 aromatic carbocycles. The van der Waals surface area contributed by atoms with Gasteiger partial charge in [-0.15, -0.1) is 0 Å². The lowest BCUT2D eigenvalue weighted by Crippen LogP contribution is -2.25. The van der Waals surface area contributed by atoms with E-state index in [1.54, 1.807) is 0 Å². The summed E-state index contributed by atoms with van der Waals surface area (Å²) in [5.41, 5.74) is 0. The van der Waals surface area contributed by atoms with E-state index in [1.165, 1.54) is 0 Å². The van der Waals surface area contributed by atoms with Crippen LogP contribution in [0.25, 0.3) is 0 Å². The number of rotatable bonds is 2. The molecule has 0 radical (unpaired) electrons. The highest BCUT2D eigenvalue weighted by molar-refractivity contribution is 7.86. The molecule has 0 spiro atoms. The SMILES string of the molecule is CS(=O)(=O)OC1CC2C=CC1O2. The number of hydrogen-bond acceptors (Lipinski definition) is 4. The van der Waals surface area contributed by atoms with Crippen molar-refractivity contribution in [3.63, 3.8) is 0 Å². The van der Waals surface area contributed by atoms with E-state index in [2.05, 4.69) is 0 Å². The highest BCUT2D eigenvalue weighted by Gasteiger charge is 2.39. The summed E-state index contributed by atoms with van der Waals surface area (Å²) in [6, 6.07) is 0. The Balaban J connectivity index is 2.05. The van der Waals surface area contributed by atoms with Crippen LogP contribution in [0.4, 0.5) is 0 Å². The van der Waals surface area contributed by atoms with Crippen LogP contribution >= 0.6 is 0 Å². The Labute approximate surface area is 71.3 Å². The normalized spacial score (nSPS) is 39.2. The number of ether oxygens (including phenoxy) is 1. The summed E-state index contributed by atoms with van der Waals surface area (Å²) in [4.78, 5) is 0. The van der Waals surface area contributed by atoms with Crippen molar-refractivity contribution in [3.8, 4) is 0 Å². The molecule has 2 bridgehead atoms. The molecule has 2 rings (SSSR count). The predicted molar refractivity (Wildman–Crippen MR) is 42.1 cm³/mol. The van der Waals surface area contributed by atoms with Gasteiger partial charge in [-0.05, 0) is 0 Å². The monoisotopic (exact) mass is 190 g/mol. The minimum absolute atomic E-state index is 0.0572. The molecule has 3 unspecified atom stereocenters. The fourth-order valence-corrected chi connectivity index (χ4v) is 2.19. The molecule has 68 valence electrons. The minimum Gasteiger partial charge on any atom is -0.364 e. The second kappa shape index (κ2) is 2.55. The maximum absolute atomic E-state index is 10.8. The summed E-state index contributed by atoms with van der Waals surface area (Å²) >= 11 is 0. The van der Waals surface area contributed by atoms with Crippen molar-refractivity contribution in [2.45, 2.75) is 24.7 Å². The van der Waals surface area contributed by atoms with Gasteiger partial charge in [0.1, 0.15) is 12.2 Å². The molecule has 0 aromatic heterocycles. The quantitative estimate of drug-likeness (QED) is 0.456. The summed E-state index contributed by atoms with van der Waals surface area (Å²) in [5, 5.41) is 0. The van der Waals surface area contributed by atoms with Gasteiger partial charge >= 0.3 is 0 Å². The Morgan fingerprint density at radius 1 is 1.50 bits per heavy atom. The summed E-state index contributed by atoms with van der Waals surface area (Å²) in [5.74, 6) is 0. The molecule has 1 fully saturated rings. The molecule has 2 aliphatic rings. The third kappa shape index (κ3) is 1.53. The molecule has 0 amide bonds. The first-order chi connectivity index (χ1) is 5.54. The molecule has 2 heterocycles. The average molecular weight is 190 g/mol. The third-order valence-corrected chi connectivity index (χ3v) is 2.57. The van der Waals surface area contributed by atoms with Crippen molar-refractivity contribution in [2.24, 2.45) is 0 Å². The molecule has 5 heteroatoms. The van der Waals surface area contributed by atoms with Crippen LogP contribution in [0.1, 0.15) is 6.42 Å². The Hall–Kier alpha value is -0.390. The van der Waals surface area contributed by atoms with Gasteiger partial charge in [-0.1, -0.05) is 12.2 Å². The van der Waals surface area contributed by atoms with Crippen LogP contribution in [0.15, 0.2) is 12.2 Å². The molecule has 0 aromatic rings. The van der Waals surface area contributed by atoms with Crippen molar-refractivity contribution in [1.82, 2.24) is 0 Å². The maximum Gasteiger partial charge on any atom is 0.264 e. The first-order valence-corrected chi connectivity index (χ1v) is 5.58. The van der Waals surface area contributed by atoms with E-state index in [1.807, 2.05) is 12.2 Å². The van der Waals surface area contributed by atoms with Gasteiger partial charge in [-0.3, -0.25) is 4.18 Å². The summed E-state index contributed by atoms with van der Waals surface area (Å²) in [6.45, 7) is 0. The van der Waals surface area contributed by atoms with E-state index < -0.39 is 10.1 Å². The second-order valence-corrected chi connectivity index (χ2v) is 4.70. The second-order valence-electron chi connectivity index (χ2n) is 3.10. The van der Waals surface area contributed by atoms with E-state index in [9.17, 15) is 8.42 Å². The Morgan fingerprint density at radius 2 is 2.25 bits per heavy atom. The zero-order chi connectivity index (χ0) is 8.77. The van der Waals surface area contributed by atoms with Gasteiger partial charge in [-0.25, -0.2) is 0 Å². The molecule has 3 atom stereocenters. The van der Waals surface area contributed by atoms with Crippen molar-refractivity contribution >= 4 is 10.1 Å². The predicted octanol–water partition coefficient (Wildman–Crippen LogP) is 0.0585. The molecule has 2 aliphatic heterocycles. The standard InChI is InChI=1S/C7H10O4S/c1-12(8,9)11-7-4-5-2-3-6(7)10-5/h2-3,5-7H,4H2,1H3. The van der Waals surface area contributed by atoms with E-state index in [-0.39, 0.29) is 18.3 Å². The summed E-state index contributed by atoms with van der Waals surface area (Å²) in [6.07, 6.45) is 5.08. The van der Waals surface area contributed by atoms with Crippen LogP contribution in [0, 0.1) is 0 Å². The first-order valence-electron chi connectivity index (χ1n) is 3.77. The molecule has 0 saturated carbocycles. The lowest BCUT2D eigenvalue weighted by molar-refractivity contribution is 0.0827. The fraction of sp³-hybridized carbons (Fsp3) is 0.714. The largest absolute Gasteiger partial charge is 0.364 e. The lowest BCUT2D eigenvalue weighted by Gasteiger charge is -2.13. The van der Waals surface area contributed by atoms with Crippen LogP contribution in [0.3, 0.4) is 0 Å². The molecule has 4 nitrogen and oxygen atoms in total. The van der Waals surface area contributed by atoms with Crippen LogP contribution in [-0.2, 0) is 19.0 Å². The highest BCUT2D eigenvalue weighted by Crippen LogP contribution is 2.31. The van der Waals surface area contributed by atoms with E-state index >= 15 is 0 Å². The summed E-state index contributed by atoms with van der Waals surface area (Å²) < 4.78 is 31.7. The maximum atomic E-state index is 10.8. The van der Waals surface area contributed by atoms with Gasteiger partial charge in [0.2, 0.25) is 0 Å². The highest BCUT2D eigenvalue weighted by atomic mass is 32.2. The van der Waals surface area contributed by atoms with Gasteiger partial charge in [-0.2, -0.15) is 8.42 Å². The molecular formula is C7H10O4S. The molecular weight excluding hydrogens is 180 g/mol. The van der Waals surface area contributed by atoms with Gasteiger partial charge in [0.05, 0.1) is 12.4 Å². The lowest BCUT2D eigenvalue weighted by atomic mass is 10.1. The Bertz CT molecular complexity index is 305. The zero-order valence-electron chi connectivity index (χ0n) is 6.64. The molecule has 0 aliphatic carbocycles. The average Bonchev–Trinajstić information content (AvgIpc) is 2.42. The number of hydrogen-bond donors (Lipinski definition) is 0. The third-order valence-electron chi connectivity index (χ3n) is 1.98. The zero-order valence-corrected chi connectivity index (χ0v) is 7.45. The minimum atomic E-state index is -3.34. The van der Waals surface area contributed by atoms with E-state index in [0.717, 1.165) is 6.26 Å². The summed E-state index contributed by atoms with van der Waals surface area (Å²) in [7, 11) is -3.34. The van der Waals surface area contributed by atoms with Crippen molar-refractivity contribution in [1.29, 1.82) is 0 Å². The van der Waals surface area contributed by atoms with E-state index in [0.29, 0.717) is 6.42 Å². The molecule has 0 N–H and O–H groups in total. The van der Waals surface area contributed by atoms with Gasteiger partial charge in [0.15, 0.2) is 0 Å². The van der Waals surface area contributed by atoms with Gasteiger partial charge < -0.3 is 4.74 Å². The van der Waals surface area contributed by atoms with Crippen LogP contribution < -0.4 is 0 Å².